The molecule has 2 aliphatic heterocycles. The van der Waals surface area contributed by atoms with Crippen LogP contribution in [0.1, 0.15) is 38.7 Å². The summed E-state index contributed by atoms with van der Waals surface area (Å²) in [6, 6.07) is 5.81. The molecule has 4 nitrogen and oxygen atoms in total. The number of rotatable bonds is 5. The van der Waals surface area contributed by atoms with Crippen LogP contribution in [0.4, 0.5) is 5.82 Å². The van der Waals surface area contributed by atoms with Gasteiger partial charge in [0.2, 0.25) is 0 Å². The first-order chi connectivity index (χ1) is 10.3. The van der Waals surface area contributed by atoms with Gasteiger partial charge in [0.15, 0.2) is 0 Å². The zero-order valence-corrected chi connectivity index (χ0v) is 13.4. The van der Waals surface area contributed by atoms with Gasteiger partial charge in [-0.25, -0.2) is 4.98 Å². The third-order valence-electron chi connectivity index (χ3n) is 4.83. The van der Waals surface area contributed by atoms with E-state index in [9.17, 15) is 0 Å². The molecule has 0 spiro atoms. The molecular weight excluding hydrogens is 260 g/mol. The normalized spacial score (nSPS) is 26.8. The van der Waals surface area contributed by atoms with Gasteiger partial charge in [-0.3, -0.25) is 9.80 Å². The predicted octanol–water partition coefficient (Wildman–Crippen LogP) is 2.57. The van der Waals surface area contributed by atoms with Crippen LogP contribution in [0.15, 0.2) is 18.3 Å². The van der Waals surface area contributed by atoms with Crippen LogP contribution in [0.5, 0.6) is 0 Å². The van der Waals surface area contributed by atoms with Crippen LogP contribution in [-0.4, -0.2) is 53.0 Å². The van der Waals surface area contributed by atoms with Crippen molar-refractivity contribution in [3.63, 3.8) is 0 Å². The summed E-state index contributed by atoms with van der Waals surface area (Å²) < 4.78 is 0. The maximum Gasteiger partial charge on any atom is 0.126 e. The zero-order valence-electron chi connectivity index (χ0n) is 13.4. The number of nitrogens with zero attached hydrogens (tertiary/aromatic N) is 3. The van der Waals surface area contributed by atoms with Gasteiger partial charge >= 0.3 is 0 Å². The first kappa shape index (κ1) is 14.8. The third-order valence-corrected chi connectivity index (χ3v) is 4.83. The van der Waals surface area contributed by atoms with Crippen molar-refractivity contribution >= 4 is 5.82 Å². The van der Waals surface area contributed by atoms with E-state index < -0.39 is 0 Å². The fraction of sp³-hybridized carbons (Fsp3) is 0.706. The summed E-state index contributed by atoms with van der Waals surface area (Å²) in [5.74, 6) is 1.02. The minimum Gasteiger partial charge on any atom is -0.370 e. The maximum atomic E-state index is 4.40. The Labute approximate surface area is 128 Å². The van der Waals surface area contributed by atoms with E-state index in [1.807, 2.05) is 6.20 Å². The van der Waals surface area contributed by atoms with Crippen molar-refractivity contribution in [3.8, 4) is 0 Å². The highest BCUT2D eigenvalue weighted by Gasteiger charge is 2.34. The molecule has 0 saturated carbocycles. The van der Waals surface area contributed by atoms with Crippen LogP contribution in [0.2, 0.25) is 0 Å². The van der Waals surface area contributed by atoms with Gasteiger partial charge in [-0.05, 0) is 50.4 Å². The highest BCUT2D eigenvalue weighted by Crippen LogP contribution is 2.25. The standard InChI is InChI=1S/C17H28N4/c1-3-7-18-17-10-15(6-8-19-17)12-21-13-16-5-4-9-20(16)11-14(21)2/h6,8,10,14,16H,3-5,7,9,11-13H2,1-2H3,(H,18,19). The number of nitrogens with one attached hydrogen (secondary N) is 1. The van der Waals surface area contributed by atoms with Crippen LogP contribution >= 0.6 is 0 Å². The molecule has 1 aromatic rings. The number of hydrogen-bond acceptors (Lipinski definition) is 4. The topological polar surface area (TPSA) is 31.4 Å². The fourth-order valence-electron chi connectivity index (χ4n) is 3.63. The molecule has 2 aliphatic rings. The summed E-state index contributed by atoms with van der Waals surface area (Å²) >= 11 is 0. The van der Waals surface area contributed by atoms with E-state index in [1.54, 1.807) is 0 Å². The number of aromatic nitrogens is 1. The average Bonchev–Trinajstić information content (AvgIpc) is 2.93. The lowest BCUT2D eigenvalue weighted by Gasteiger charge is -2.42. The SMILES string of the molecule is CCCNc1cc(CN2CC3CCCN3CC2C)ccn1. The van der Waals surface area contributed by atoms with E-state index in [1.165, 1.54) is 38.0 Å². The van der Waals surface area contributed by atoms with Gasteiger partial charge in [0.1, 0.15) is 5.82 Å². The molecule has 3 heterocycles. The van der Waals surface area contributed by atoms with E-state index in [4.69, 9.17) is 0 Å². The second-order valence-electron chi connectivity index (χ2n) is 6.55. The van der Waals surface area contributed by atoms with Gasteiger partial charge in [0, 0.05) is 44.5 Å². The van der Waals surface area contributed by atoms with E-state index in [-0.39, 0.29) is 0 Å². The second-order valence-corrected chi connectivity index (χ2v) is 6.55. The second kappa shape index (κ2) is 6.75. The van der Waals surface area contributed by atoms with Crippen molar-refractivity contribution in [3.05, 3.63) is 23.9 Å². The number of anilines is 1. The van der Waals surface area contributed by atoms with Gasteiger partial charge in [0.25, 0.3) is 0 Å². The highest BCUT2D eigenvalue weighted by molar-refractivity contribution is 5.37. The quantitative estimate of drug-likeness (QED) is 0.902. The van der Waals surface area contributed by atoms with Crippen LogP contribution in [0.3, 0.4) is 0 Å². The Bertz CT molecular complexity index is 462. The number of pyridine rings is 1. The molecule has 4 heteroatoms. The summed E-state index contributed by atoms with van der Waals surface area (Å²) in [7, 11) is 0. The monoisotopic (exact) mass is 288 g/mol. The first-order valence-corrected chi connectivity index (χ1v) is 8.43. The highest BCUT2D eigenvalue weighted by atomic mass is 15.3. The van der Waals surface area contributed by atoms with Gasteiger partial charge in [-0.2, -0.15) is 0 Å². The summed E-state index contributed by atoms with van der Waals surface area (Å²) in [6.45, 7) is 10.4. The third kappa shape index (κ3) is 3.55. The molecule has 116 valence electrons. The van der Waals surface area contributed by atoms with Crippen molar-refractivity contribution in [2.45, 2.75) is 51.7 Å². The lowest BCUT2D eigenvalue weighted by atomic mass is 10.1. The van der Waals surface area contributed by atoms with Gasteiger partial charge < -0.3 is 5.32 Å². The molecule has 0 aromatic carbocycles. The molecule has 2 saturated heterocycles. The molecule has 2 atom stereocenters. The molecule has 0 bridgehead atoms. The summed E-state index contributed by atoms with van der Waals surface area (Å²) in [4.78, 5) is 9.73. The molecular formula is C17H28N4. The molecule has 0 amide bonds. The Morgan fingerprint density at radius 3 is 3.14 bits per heavy atom. The Hall–Kier alpha value is -1.13. The smallest absolute Gasteiger partial charge is 0.126 e. The van der Waals surface area contributed by atoms with Crippen molar-refractivity contribution in [2.75, 3.05) is 31.5 Å². The molecule has 21 heavy (non-hydrogen) atoms. The Kier molecular flexibility index (Phi) is 4.76. The predicted molar refractivity (Wildman–Crippen MR) is 87.5 cm³/mol. The van der Waals surface area contributed by atoms with Gasteiger partial charge in [0.05, 0.1) is 0 Å². The number of piperazine rings is 1. The molecule has 1 aromatic heterocycles. The zero-order chi connectivity index (χ0) is 14.7. The molecule has 2 unspecified atom stereocenters. The maximum absolute atomic E-state index is 4.40. The molecule has 3 rings (SSSR count). The van der Waals surface area contributed by atoms with E-state index in [2.05, 4.69) is 46.1 Å². The summed E-state index contributed by atoms with van der Waals surface area (Å²) in [5, 5.41) is 3.38. The van der Waals surface area contributed by atoms with E-state index in [0.29, 0.717) is 6.04 Å². The molecule has 0 aliphatic carbocycles. The van der Waals surface area contributed by atoms with Crippen molar-refractivity contribution < 1.29 is 0 Å². The molecule has 0 radical (unpaired) electrons. The fourth-order valence-corrected chi connectivity index (χ4v) is 3.63. The summed E-state index contributed by atoms with van der Waals surface area (Å²) in [5.41, 5.74) is 1.38. The lowest BCUT2D eigenvalue weighted by Crippen LogP contribution is -2.54. The van der Waals surface area contributed by atoms with Crippen molar-refractivity contribution in [2.24, 2.45) is 0 Å². The minimum absolute atomic E-state index is 0.652. The Balaban J connectivity index is 1.62. The van der Waals surface area contributed by atoms with Crippen LogP contribution < -0.4 is 5.32 Å². The molecule has 1 N–H and O–H groups in total. The largest absolute Gasteiger partial charge is 0.370 e. The van der Waals surface area contributed by atoms with Crippen LogP contribution in [0, 0.1) is 0 Å². The van der Waals surface area contributed by atoms with Gasteiger partial charge in [-0.1, -0.05) is 6.92 Å². The van der Waals surface area contributed by atoms with E-state index >= 15 is 0 Å². The minimum atomic E-state index is 0.652. The van der Waals surface area contributed by atoms with E-state index in [0.717, 1.165) is 31.4 Å². The first-order valence-electron chi connectivity index (χ1n) is 8.43. The number of fused-ring (bicyclic) bond motifs is 1. The van der Waals surface area contributed by atoms with Crippen LogP contribution in [-0.2, 0) is 6.54 Å². The summed E-state index contributed by atoms with van der Waals surface area (Å²) in [6.07, 6.45) is 5.82. The Morgan fingerprint density at radius 2 is 2.29 bits per heavy atom. The number of hydrogen-bond donors (Lipinski definition) is 1. The van der Waals surface area contributed by atoms with Gasteiger partial charge in [-0.15, -0.1) is 0 Å². The lowest BCUT2D eigenvalue weighted by molar-refractivity contribution is 0.0540. The Morgan fingerprint density at radius 1 is 1.38 bits per heavy atom. The van der Waals surface area contributed by atoms with Crippen molar-refractivity contribution in [1.82, 2.24) is 14.8 Å². The average molecular weight is 288 g/mol. The molecule has 2 fully saturated rings. The van der Waals surface area contributed by atoms with Crippen LogP contribution in [0.25, 0.3) is 0 Å². The van der Waals surface area contributed by atoms with Crippen molar-refractivity contribution in [1.29, 1.82) is 0 Å².